The van der Waals surface area contributed by atoms with E-state index in [9.17, 15) is 0 Å². The zero-order chi connectivity index (χ0) is 14.2. The number of rotatable bonds is 7. The Hall–Kier alpha value is -1.38. The summed E-state index contributed by atoms with van der Waals surface area (Å²) in [5.41, 5.74) is 2.31. The highest BCUT2D eigenvalue weighted by atomic mass is 35.5. The Morgan fingerprint density at radius 3 is 2.65 bits per heavy atom. The van der Waals surface area contributed by atoms with Crippen molar-refractivity contribution in [3.05, 3.63) is 64.9 Å². The van der Waals surface area contributed by atoms with Crippen LogP contribution in [0.15, 0.2) is 48.7 Å². The summed E-state index contributed by atoms with van der Waals surface area (Å²) in [6.07, 6.45) is 4.91. The minimum atomic E-state index is 0.283. The molecule has 2 nitrogen and oxygen atoms in total. The SMILES string of the molecule is CCCNC(CCc1ccccn1)c1ccccc1Cl. The summed E-state index contributed by atoms with van der Waals surface area (Å²) in [6.45, 7) is 3.17. The van der Waals surface area contributed by atoms with Gasteiger partial charge in [0.15, 0.2) is 0 Å². The van der Waals surface area contributed by atoms with Crippen molar-refractivity contribution in [3.63, 3.8) is 0 Å². The van der Waals surface area contributed by atoms with E-state index >= 15 is 0 Å². The molecule has 0 saturated carbocycles. The van der Waals surface area contributed by atoms with Gasteiger partial charge in [-0.2, -0.15) is 0 Å². The van der Waals surface area contributed by atoms with Crippen LogP contribution in [-0.2, 0) is 6.42 Å². The summed E-state index contributed by atoms with van der Waals surface area (Å²) in [5.74, 6) is 0. The van der Waals surface area contributed by atoms with Crippen LogP contribution < -0.4 is 5.32 Å². The van der Waals surface area contributed by atoms with E-state index < -0.39 is 0 Å². The third kappa shape index (κ3) is 4.32. The lowest BCUT2D eigenvalue weighted by atomic mass is 10.0. The molecule has 1 heterocycles. The maximum absolute atomic E-state index is 6.32. The molecule has 2 rings (SSSR count). The number of pyridine rings is 1. The fourth-order valence-corrected chi connectivity index (χ4v) is 2.55. The van der Waals surface area contributed by atoms with Crippen LogP contribution in [0, 0.1) is 0 Å². The molecule has 0 saturated heterocycles. The number of nitrogens with zero attached hydrogens (tertiary/aromatic N) is 1. The molecule has 1 aromatic carbocycles. The lowest BCUT2D eigenvalue weighted by Crippen LogP contribution is -2.23. The highest BCUT2D eigenvalue weighted by molar-refractivity contribution is 6.31. The molecule has 0 radical (unpaired) electrons. The Balaban J connectivity index is 2.06. The van der Waals surface area contributed by atoms with Gasteiger partial charge in [-0.05, 0) is 49.6 Å². The normalized spacial score (nSPS) is 12.3. The largest absolute Gasteiger partial charge is 0.310 e. The van der Waals surface area contributed by atoms with Crippen molar-refractivity contribution in [1.29, 1.82) is 0 Å². The molecule has 0 bridgehead atoms. The van der Waals surface area contributed by atoms with E-state index in [4.69, 9.17) is 11.6 Å². The van der Waals surface area contributed by atoms with E-state index in [1.54, 1.807) is 0 Å². The summed E-state index contributed by atoms with van der Waals surface area (Å²) >= 11 is 6.32. The highest BCUT2D eigenvalue weighted by Gasteiger charge is 2.13. The van der Waals surface area contributed by atoms with E-state index in [0.717, 1.165) is 36.5 Å². The van der Waals surface area contributed by atoms with E-state index in [-0.39, 0.29) is 6.04 Å². The van der Waals surface area contributed by atoms with Gasteiger partial charge in [0, 0.05) is 23.0 Å². The zero-order valence-electron chi connectivity index (χ0n) is 11.8. The molecule has 0 aliphatic heterocycles. The molecule has 106 valence electrons. The van der Waals surface area contributed by atoms with Gasteiger partial charge in [0.25, 0.3) is 0 Å². The minimum absolute atomic E-state index is 0.283. The molecule has 1 N–H and O–H groups in total. The van der Waals surface area contributed by atoms with Gasteiger partial charge in [0.1, 0.15) is 0 Å². The van der Waals surface area contributed by atoms with Crippen LogP contribution in [0.3, 0.4) is 0 Å². The average Bonchev–Trinajstić information content (AvgIpc) is 2.49. The molecule has 0 fully saturated rings. The maximum Gasteiger partial charge on any atom is 0.0453 e. The second kappa shape index (κ2) is 8.03. The number of hydrogen-bond donors (Lipinski definition) is 1. The van der Waals surface area contributed by atoms with Gasteiger partial charge in [-0.1, -0.05) is 42.8 Å². The Labute approximate surface area is 126 Å². The van der Waals surface area contributed by atoms with E-state index in [2.05, 4.69) is 29.4 Å². The van der Waals surface area contributed by atoms with Gasteiger partial charge in [0.05, 0.1) is 0 Å². The number of halogens is 1. The quantitative estimate of drug-likeness (QED) is 0.816. The first kappa shape index (κ1) is 15.0. The third-order valence-electron chi connectivity index (χ3n) is 3.34. The molecule has 20 heavy (non-hydrogen) atoms. The predicted molar refractivity (Wildman–Crippen MR) is 85.0 cm³/mol. The molecule has 0 aliphatic rings. The molecular weight excluding hydrogens is 268 g/mol. The van der Waals surface area contributed by atoms with Crippen LogP contribution >= 0.6 is 11.6 Å². The van der Waals surface area contributed by atoms with Crippen molar-refractivity contribution in [2.24, 2.45) is 0 Å². The predicted octanol–water partition coefficient (Wildman–Crippen LogP) is 4.41. The first-order valence-electron chi connectivity index (χ1n) is 7.19. The molecule has 3 heteroatoms. The summed E-state index contributed by atoms with van der Waals surface area (Å²) < 4.78 is 0. The molecular formula is C17H21ClN2. The van der Waals surface area contributed by atoms with E-state index in [1.165, 1.54) is 5.56 Å². The lowest BCUT2D eigenvalue weighted by molar-refractivity contribution is 0.497. The van der Waals surface area contributed by atoms with Crippen LogP contribution in [0.5, 0.6) is 0 Å². The first-order chi connectivity index (χ1) is 9.81. The number of benzene rings is 1. The maximum atomic E-state index is 6.32. The number of nitrogens with one attached hydrogen (secondary N) is 1. The molecule has 0 amide bonds. The Bertz CT molecular complexity index is 513. The molecule has 1 aromatic heterocycles. The molecule has 0 spiro atoms. The van der Waals surface area contributed by atoms with Gasteiger partial charge in [-0.3, -0.25) is 4.98 Å². The Kier molecular flexibility index (Phi) is 6.03. The molecule has 0 aliphatic carbocycles. The van der Waals surface area contributed by atoms with Crippen molar-refractivity contribution < 1.29 is 0 Å². The van der Waals surface area contributed by atoms with Gasteiger partial charge in [-0.15, -0.1) is 0 Å². The fourth-order valence-electron chi connectivity index (χ4n) is 2.28. The average molecular weight is 289 g/mol. The third-order valence-corrected chi connectivity index (χ3v) is 3.68. The van der Waals surface area contributed by atoms with Crippen LogP contribution in [0.25, 0.3) is 0 Å². The number of aryl methyl sites for hydroxylation is 1. The summed E-state index contributed by atoms with van der Waals surface area (Å²) in [6, 6.07) is 14.4. The van der Waals surface area contributed by atoms with Crippen LogP contribution in [0.2, 0.25) is 5.02 Å². The zero-order valence-corrected chi connectivity index (χ0v) is 12.6. The van der Waals surface area contributed by atoms with Gasteiger partial charge in [0.2, 0.25) is 0 Å². The number of hydrogen-bond acceptors (Lipinski definition) is 2. The lowest BCUT2D eigenvalue weighted by Gasteiger charge is -2.20. The Morgan fingerprint density at radius 2 is 1.95 bits per heavy atom. The van der Waals surface area contributed by atoms with Crippen molar-refractivity contribution in [2.45, 2.75) is 32.2 Å². The number of aromatic nitrogens is 1. The summed E-state index contributed by atoms with van der Waals surface area (Å²) in [5, 5.41) is 4.42. The highest BCUT2D eigenvalue weighted by Crippen LogP contribution is 2.26. The molecule has 1 unspecified atom stereocenters. The van der Waals surface area contributed by atoms with Crippen LogP contribution in [0.1, 0.15) is 37.1 Å². The van der Waals surface area contributed by atoms with Crippen molar-refractivity contribution in [3.8, 4) is 0 Å². The standard InChI is InChI=1S/C17H21ClN2/c1-2-12-20-17(15-8-3-4-9-16(15)18)11-10-14-7-5-6-13-19-14/h3-9,13,17,20H,2,10-12H2,1H3. The smallest absolute Gasteiger partial charge is 0.0453 e. The minimum Gasteiger partial charge on any atom is -0.310 e. The fraction of sp³-hybridized carbons (Fsp3) is 0.353. The summed E-state index contributed by atoms with van der Waals surface area (Å²) in [7, 11) is 0. The van der Waals surface area contributed by atoms with Crippen LogP contribution in [0.4, 0.5) is 0 Å². The van der Waals surface area contributed by atoms with Crippen molar-refractivity contribution in [2.75, 3.05) is 6.54 Å². The topological polar surface area (TPSA) is 24.9 Å². The van der Waals surface area contributed by atoms with Crippen molar-refractivity contribution in [1.82, 2.24) is 10.3 Å². The second-order valence-corrected chi connectivity index (χ2v) is 5.30. The van der Waals surface area contributed by atoms with E-state index in [1.807, 2.05) is 36.5 Å². The van der Waals surface area contributed by atoms with Crippen LogP contribution in [-0.4, -0.2) is 11.5 Å². The monoisotopic (exact) mass is 288 g/mol. The van der Waals surface area contributed by atoms with Gasteiger partial charge < -0.3 is 5.32 Å². The van der Waals surface area contributed by atoms with Gasteiger partial charge in [-0.25, -0.2) is 0 Å². The van der Waals surface area contributed by atoms with E-state index in [0.29, 0.717) is 0 Å². The summed E-state index contributed by atoms with van der Waals surface area (Å²) in [4.78, 5) is 4.39. The van der Waals surface area contributed by atoms with Crippen molar-refractivity contribution >= 4 is 11.6 Å². The molecule has 2 aromatic rings. The Morgan fingerprint density at radius 1 is 1.15 bits per heavy atom. The first-order valence-corrected chi connectivity index (χ1v) is 7.56. The molecule has 1 atom stereocenters. The van der Waals surface area contributed by atoms with Gasteiger partial charge >= 0.3 is 0 Å². The second-order valence-electron chi connectivity index (χ2n) is 4.89.